The number of carbonyl (C=O) groups excluding carboxylic acids is 1. The van der Waals surface area contributed by atoms with Crippen molar-refractivity contribution in [3.63, 3.8) is 0 Å². The smallest absolute Gasteiger partial charge is 0.276 e. The maximum absolute atomic E-state index is 12.8. The minimum atomic E-state index is -3.57. The molecule has 7 nitrogen and oxygen atoms in total. The molecule has 1 aliphatic heterocycles. The number of nitrogens with zero attached hydrogens (tertiary/aromatic N) is 2. The first-order valence-corrected chi connectivity index (χ1v) is 10.9. The normalized spacial score (nSPS) is 15.9. The van der Waals surface area contributed by atoms with Crippen LogP contribution in [0.2, 0.25) is 0 Å². The van der Waals surface area contributed by atoms with Crippen LogP contribution in [0.5, 0.6) is 0 Å². The van der Waals surface area contributed by atoms with Crippen molar-refractivity contribution in [2.45, 2.75) is 30.6 Å². The topological polar surface area (TPSA) is 97.6 Å². The van der Waals surface area contributed by atoms with E-state index in [2.05, 4.69) is 0 Å². The van der Waals surface area contributed by atoms with E-state index in [0.717, 1.165) is 25.7 Å². The predicted octanol–water partition coefficient (Wildman–Crippen LogP) is 4.06. The van der Waals surface area contributed by atoms with Crippen molar-refractivity contribution in [2.24, 2.45) is 0 Å². The second-order valence-corrected chi connectivity index (χ2v) is 8.79. The lowest BCUT2D eigenvalue weighted by atomic mass is 10.1. The summed E-state index contributed by atoms with van der Waals surface area (Å²) in [4.78, 5) is 23.1. The molecule has 29 heavy (non-hydrogen) atoms. The number of nitro benzene ring substituents is 1. The van der Waals surface area contributed by atoms with E-state index in [4.69, 9.17) is 0 Å². The summed E-state index contributed by atoms with van der Waals surface area (Å²) < 4.78 is 27.1. The van der Waals surface area contributed by atoms with Crippen LogP contribution in [0.4, 0.5) is 5.69 Å². The number of ketones is 1. The molecule has 2 aromatic carbocycles. The van der Waals surface area contributed by atoms with E-state index in [1.54, 1.807) is 18.2 Å². The Morgan fingerprint density at radius 2 is 1.59 bits per heavy atom. The molecule has 0 N–H and O–H groups in total. The minimum absolute atomic E-state index is 0.0876. The molecule has 1 heterocycles. The monoisotopic (exact) mass is 414 g/mol. The highest BCUT2D eigenvalue weighted by Gasteiger charge is 2.25. The van der Waals surface area contributed by atoms with Gasteiger partial charge in [0.25, 0.3) is 5.69 Å². The molecular formula is C21H22N2O5S. The van der Waals surface area contributed by atoms with Crippen LogP contribution in [-0.2, 0) is 10.0 Å². The zero-order valence-electron chi connectivity index (χ0n) is 15.9. The van der Waals surface area contributed by atoms with Gasteiger partial charge in [0, 0.05) is 24.7 Å². The third kappa shape index (κ3) is 4.96. The highest BCUT2D eigenvalue weighted by molar-refractivity contribution is 7.89. The fraction of sp³-hybridized carbons (Fsp3) is 0.286. The number of allylic oxidation sites excluding steroid dienone is 1. The number of hydrogen-bond donors (Lipinski definition) is 0. The molecule has 0 unspecified atom stereocenters. The lowest BCUT2D eigenvalue weighted by molar-refractivity contribution is -0.385. The quantitative estimate of drug-likeness (QED) is 0.307. The van der Waals surface area contributed by atoms with Gasteiger partial charge in [-0.15, -0.1) is 0 Å². The standard InChI is InChI=1S/C21H22N2O5S/c24-21(14-11-17-7-3-4-8-20(17)23(25)26)18-9-12-19(13-10-18)29(27,28)22-15-5-1-2-6-16-22/h3-4,7-14H,1-2,5-6,15-16H2/b14-11+. The van der Waals surface area contributed by atoms with Gasteiger partial charge in [-0.05, 0) is 55.3 Å². The van der Waals surface area contributed by atoms with Crippen LogP contribution in [0, 0.1) is 10.1 Å². The van der Waals surface area contributed by atoms with Crippen LogP contribution >= 0.6 is 0 Å². The third-order valence-corrected chi connectivity index (χ3v) is 6.80. The molecule has 0 saturated carbocycles. The van der Waals surface area contributed by atoms with Crippen LogP contribution in [-0.4, -0.2) is 36.5 Å². The molecule has 2 aromatic rings. The number of hydrogen-bond acceptors (Lipinski definition) is 5. The first-order valence-electron chi connectivity index (χ1n) is 9.45. The summed E-state index contributed by atoms with van der Waals surface area (Å²) in [5.41, 5.74) is 0.552. The molecule has 0 aliphatic carbocycles. The number of carbonyl (C=O) groups is 1. The predicted molar refractivity (Wildman–Crippen MR) is 110 cm³/mol. The summed E-state index contributed by atoms with van der Waals surface area (Å²) in [5, 5.41) is 11.0. The number of para-hydroxylation sites is 1. The zero-order valence-corrected chi connectivity index (χ0v) is 16.7. The van der Waals surface area contributed by atoms with Crippen LogP contribution in [0.3, 0.4) is 0 Å². The van der Waals surface area contributed by atoms with E-state index in [1.165, 1.54) is 46.8 Å². The van der Waals surface area contributed by atoms with Gasteiger partial charge < -0.3 is 0 Å². The molecule has 0 spiro atoms. The Hall–Kier alpha value is -2.84. The first-order chi connectivity index (χ1) is 13.9. The summed E-state index contributed by atoms with van der Waals surface area (Å²) in [6.07, 6.45) is 6.41. The Labute approximate surface area is 169 Å². The van der Waals surface area contributed by atoms with Crippen LogP contribution < -0.4 is 0 Å². The summed E-state index contributed by atoms with van der Waals surface area (Å²) >= 11 is 0. The van der Waals surface area contributed by atoms with Crippen molar-refractivity contribution in [3.05, 3.63) is 75.8 Å². The molecule has 1 aliphatic rings. The van der Waals surface area contributed by atoms with Gasteiger partial charge in [0.15, 0.2) is 5.78 Å². The summed E-state index contributed by atoms with van der Waals surface area (Å²) in [6, 6.07) is 11.9. The Balaban J connectivity index is 1.76. The number of benzene rings is 2. The van der Waals surface area contributed by atoms with Crippen LogP contribution in [0.1, 0.15) is 41.6 Å². The summed E-state index contributed by atoms with van der Waals surface area (Å²) in [5.74, 6) is -0.359. The van der Waals surface area contributed by atoms with Gasteiger partial charge in [-0.2, -0.15) is 4.31 Å². The van der Waals surface area contributed by atoms with E-state index in [-0.39, 0.29) is 16.4 Å². The number of sulfonamides is 1. The molecule has 152 valence electrons. The van der Waals surface area contributed by atoms with Gasteiger partial charge in [0.1, 0.15) is 0 Å². The van der Waals surface area contributed by atoms with Gasteiger partial charge in [0.05, 0.1) is 15.4 Å². The van der Waals surface area contributed by atoms with Crippen molar-refractivity contribution in [3.8, 4) is 0 Å². The molecule has 0 radical (unpaired) electrons. The molecule has 1 saturated heterocycles. The van der Waals surface area contributed by atoms with E-state index in [1.807, 2.05) is 0 Å². The number of rotatable bonds is 6. The maximum atomic E-state index is 12.8. The average molecular weight is 414 g/mol. The molecule has 8 heteroatoms. The molecule has 0 atom stereocenters. The van der Waals surface area contributed by atoms with Crippen molar-refractivity contribution in [1.29, 1.82) is 0 Å². The van der Waals surface area contributed by atoms with Gasteiger partial charge in [0.2, 0.25) is 10.0 Å². The summed E-state index contributed by atoms with van der Waals surface area (Å²) in [6.45, 7) is 1.03. The molecular weight excluding hydrogens is 392 g/mol. The van der Waals surface area contributed by atoms with E-state index in [9.17, 15) is 23.3 Å². The fourth-order valence-corrected chi connectivity index (χ4v) is 4.80. The Morgan fingerprint density at radius 1 is 0.966 bits per heavy atom. The third-order valence-electron chi connectivity index (χ3n) is 4.89. The fourth-order valence-electron chi connectivity index (χ4n) is 3.28. The Kier molecular flexibility index (Phi) is 6.56. The highest BCUT2D eigenvalue weighted by atomic mass is 32.2. The van der Waals surface area contributed by atoms with E-state index >= 15 is 0 Å². The van der Waals surface area contributed by atoms with Crippen molar-refractivity contribution < 1.29 is 18.1 Å². The first kappa shape index (κ1) is 20.9. The highest BCUT2D eigenvalue weighted by Crippen LogP contribution is 2.22. The van der Waals surface area contributed by atoms with E-state index in [0.29, 0.717) is 24.2 Å². The largest absolute Gasteiger partial charge is 0.289 e. The van der Waals surface area contributed by atoms with Gasteiger partial charge in [-0.1, -0.05) is 25.0 Å². The number of nitro groups is 1. The van der Waals surface area contributed by atoms with E-state index < -0.39 is 14.9 Å². The Morgan fingerprint density at radius 3 is 2.21 bits per heavy atom. The van der Waals surface area contributed by atoms with Crippen molar-refractivity contribution >= 4 is 27.6 Å². The average Bonchev–Trinajstić information content (AvgIpc) is 3.02. The lowest BCUT2D eigenvalue weighted by Gasteiger charge is -2.19. The van der Waals surface area contributed by atoms with Gasteiger partial charge in [-0.25, -0.2) is 8.42 Å². The molecule has 0 amide bonds. The van der Waals surface area contributed by atoms with Gasteiger partial charge >= 0.3 is 0 Å². The molecule has 0 aromatic heterocycles. The SMILES string of the molecule is O=C(/C=C/c1ccccc1[N+](=O)[O-])c1ccc(S(=O)(=O)N2CCCCCC2)cc1. The second kappa shape index (κ2) is 9.11. The lowest BCUT2D eigenvalue weighted by Crippen LogP contribution is -2.31. The van der Waals surface area contributed by atoms with Crippen molar-refractivity contribution in [1.82, 2.24) is 4.31 Å². The maximum Gasteiger partial charge on any atom is 0.276 e. The second-order valence-electron chi connectivity index (χ2n) is 6.86. The van der Waals surface area contributed by atoms with Crippen molar-refractivity contribution in [2.75, 3.05) is 13.1 Å². The molecule has 0 bridgehead atoms. The minimum Gasteiger partial charge on any atom is -0.289 e. The zero-order chi connectivity index (χ0) is 20.9. The van der Waals surface area contributed by atoms with Crippen LogP contribution in [0.25, 0.3) is 6.08 Å². The van der Waals surface area contributed by atoms with Crippen LogP contribution in [0.15, 0.2) is 59.5 Å². The summed E-state index contributed by atoms with van der Waals surface area (Å²) in [7, 11) is -3.57. The Bertz CT molecular complexity index is 1020. The molecule has 1 fully saturated rings. The molecule has 3 rings (SSSR count). The van der Waals surface area contributed by atoms with Gasteiger partial charge in [-0.3, -0.25) is 14.9 Å².